The van der Waals surface area contributed by atoms with Crippen molar-refractivity contribution in [2.75, 3.05) is 39.3 Å². The molecule has 0 saturated carbocycles. The van der Waals surface area contributed by atoms with Gasteiger partial charge in [-0.1, -0.05) is 52.5 Å². The Bertz CT molecular complexity index is 838. The third-order valence-electron chi connectivity index (χ3n) is 4.75. The van der Waals surface area contributed by atoms with Crippen LogP contribution in [-0.4, -0.2) is 55.0 Å². The molecule has 1 amide bonds. The molecule has 2 aromatic rings. The Balaban J connectivity index is 1.39. The number of benzene rings is 2. The lowest BCUT2D eigenvalue weighted by molar-refractivity contribution is 0.0934. The molecule has 28 heavy (non-hydrogen) atoms. The highest BCUT2D eigenvalue weighted by Gasteiger charge is 2.17. The zero-order chi connectivity index (χ0) is 20.1. The van der Waals surface area contributed by atoms with Crippen LogP contribution in [0.5, 0.6) is 0 Å². The maximum Gasteiger partial charge on any atom is 0.251 e. The molecule has 1 aliphatic rings. The summed E-state index contributed by atoms with van der Waals surface area (Å²) in [5, 5.41) is 4.93. The van der Waals surface area contributed by atoms with Crippen LogP contribution in [-0.2, 0) is 6.54 Å². The van der Waals surface area contributed by atoms with Gasteiger partial charge in [-0.2, -0.15) is 0 Å². The molecule has 1 N–H and O–H groups in total. The van der Waals surface area contributed by atoms with Crippen LogP contribution in [0.25, 0.3) is 0 Å². The number of hydrogen-bond acceptors (Lipinski definition) is 3. The molecule has 1 heterocycles. The molecule has 0 atom stereocenters. The fourth-order valence-corrected chi connectivity index (χ4v) is 3.75. The lowest BCUT2D eigenvalue weighted by atomic mass is 10.2. The number of piperazine rings is 1. The van der Waals surface area contributed by atoms with E-state index in [1.54, 1.807) is 18.2 Å². The van der Waals surface area contributed by atoms with Gasteiger partial charge in [-0.25, -0.2) is 0 Å². The van der Waals surface area contributed by atoms with E-state index in [0.29, 0.717) is 32.2 Å². The molecule has 0 bridgehead atoms. The van der Waals surface area contributed by atoms with E-state index in [1.807, 2.05) is 18.2 Å². The summed E-state index contributed by atoms with van der Waals surface area (Å²) in [7, 11) is 0. The normalized spacial score (nSPS) is 15.6. The third-order valence-corrected chi connectivity index (χ3v) is 6.23. The van der Waals surface area contributed by atoms with E-state index in [1.165, 1.54) is 0 Å². The number of amides is 1. The van der Waals surface area contributed by atoms with E-state index >= 15 is 0 Å². The molecule has 1 fully saturated rings. The summed E-state index contributed by atoms with van der Waals surface area (Å²) >= 11 is 23.9. The number of nitrogens with one attached hydrogen (secondary N) is 1. The predicted octanol–water partition coefficient (Wildman–Crippen LogP) is 4.85. The van der Waals surface area contributed by atoms with Crippen molar-refractivity contribution in [3.63, 3.8) is 0 Å². The average molecular weight is 461 g/mol. The number of hydrogen-bond donors (Lipinski definition) is 1. The number of nitrogens with zero attached hydrogens (tertiary/aromatic N) is 2. The second-order valence-electron chi connectivity index (χ2n) is 6.75. The SMILES string of the molecule is O=C(NCCN1CCN(Cc2ccc(Cl)c(Cl)c2)CC1)c1ccc(Cl)c(Cl)c1. The molecule has 0 aromatic heterocycles. The van der Waals surface area contributed by atoms with Gasteiger partial charge in [-0.3, -0.25) is 14.6 Å². The summed E-state index contributed by atoms with van der Waals surface area (Å²) in [6, 6.07) is 10.7. The molecule has 150 valence electrons. The molecule has 2 aromatic carbocycles. The van der Waals surface area contributed by atoms with Gasteiger partial charge in [0.1, 0.15) is 0 Å². The Kier molecular flexibility index (Phi) is 7.86. The monoisotopic (exact) mass is 459 g/mol. The maximum absolute atomic E-state index is 12.2. The fourth-order valence-electron chi connectivity index (χ4n) is 3.13. The Morgan fingerprint density at radius 1 is 0.821 bits per heavy atom. The first-order valence-corrected chi connectivity index (χ1v) is 10.6. The molecular weight excluding hydrogens is 440 g/mol. The van der Waals surface area contributed by atoms with Crippen LogP contribution in [0, 0.1) is 0 Å². The van der Waals surface area contributed by atoms with Crippen LogP contribution in [0.3, 0.4) is 0 Å². The summed E-state index contributed by atoms with van der Waals surface area (Å²) in [5.74, 6) is -0.142. The van der Waals surface area contributed by atoms with E-state index in [4.69, 9.17) is 46.4 Å². The molecule has 4 nitrogen and oxygen atoms in total. The van der Waals surface area contributed by atoms with Crippen LogP contribution in [0.1, 0.15) is 15.9 Å². The second kappa shape index (κ2) is 10.1. The molecule has 0 unspecified atom stereocenters. The standard InChI is InChI=1S/C20H21Cl4N3O/c21-16-3-1-14(11-18(16)23)13-27-9-7-26(8-10-27)6-5-25-20(28)15-2-4-17(22)19(24)12-15/h1-4,11-12H,5-10,13H2,(H,25,28). The Morgan fingerprint density at radius 3 is 2.07 bits per heavy atom. The Labute approximate surface area is 185 Å². The highest BCUT2D eigenvalue weighted by atomic mass is 35.5. The molecular formula is C20H21Cl4N3O. The summed E-state index contributed by atoms with van der Waals surface area (Å²) in [6.07, 6.45) is 0. The van der Waals surface area contributed by atoms with Crippen molar-refractivity contribution in [1.29, 1.82) is 0 Å². The number of rotatable bonds is 6. The van der Waals surface area contributed by atoms with Gasteiger partial charge in [0.25, 0.3) is 5.91 Å². The minimum atomic E-state index is -0.142. The first kappa shape index (κ1) is 21.7. The largest absolute Gasteiger partial charge is 0.351 e. The van der Waals surface area contributed by atoms with Gasteiger partial charge in [0.05, 0.1) is 20.1 Å². The number of carbonyl (C=O) groups is 1. The second-order valence-corrected chi connectivity index (χ2v) is 8.38. The molecule has 8 heteroatoms. The van der Waals surface area contributed by atoms with E-state index < -0.39 is 0 Å². The summed E-state index contributed by atoms with van der Waals surface area (Å²) < 4.78 is 0. The highest BCUT2D eigenvalue weighted by Crippen LogP contribution is 2.24. The van der Waals surface area contributed by atoms with Crippen molar-refractivity contribution >= 4 is 52.3 Å². The quantitative estimate of drug-likeness (QED) is 0.669. The van der Waals surface area contributed by atoms with Crippen LogP contribution in [0.15, 0.2) is 36.4 Å². The molecule has 3 rings (SSSR count). The van der Waals surface area contributed by atoms with Crippen LogP contribution >= 0.6 is 46.4 Å². The van der Waals surface area contributed by atoms with Crippen molar-refractivity contribution in [2.24, 2.45) is 0 Å². The summed E-state index contributed by atoms with van der Waals surface area (Å²) in [4.78, 5) is 16.9. The molecule has 0 spiro atoms. The lowest BCUT2D eigenvalue weighted by Crippen LogP contribution is -2.48. The van der Waals surface area contributed by atoms with Crippen LogP contribution in [0.4, 0.5) is 0 Å². The summed E-state index contributed by atoms with van der Waals surface area (Å²) in [5.41, 5.74) is 1.68. The molecule has 0 radical (unpaired) electrons. The van der Waals surface area contributed by atoms with Crippen LogP contribution in [0.2, 0.25) is 20.1 Å². The van der Waals surface area contributed by atoms with Crippen LogP contribution < -0.4 is 5.32 Å². The maximum atomic E-state index is 12.2. The van der Waals surface area contributed by atoms with Gasteiger partial charge in [-0.15, -0.1) is 0 Å². The molecule has 0 aliphatic carbocycles. The first-order chi connectivity index (χ1) is 13.4. The zero-order valence-corrected chi connectivity index (χ0v) is 18.3. The van der Waals surface area contributed by atoms with Crippen molar-refractivity contribution in [2.45, 2.75) is 6.54 Å². The van der Waals surface area contributed by atoms with Gasteiger partial charge in [0.2, 0.25) is 0 Å². The van der Waals surface area contributed by atoms with Gasteiger partial charge in [0.15, 0.2) is 0 Å². The molecule has 1 saturated heterocycles. The van der Waals surface area contributed by atoms with Crippen molar-refractivity contribution in [3.05, 3.63) is 67.6 Å². The van der Waals surface area contributed by atoms with Gasteiger partial charge < -0.3 is 5.32 Å². The van der Waals surface area contributed by atoms with E-state index in [-0.39, 0.29) is 5.91 Å². The van der Waals surface area contributed by atoms with Gasteiger partial charge in [0, 0.05) is 51.4 Å². The zero-order valence-electron chi connectivity index (χ0n) is 15.2. The van der Waals surface area contributed by atoms with Gasteiger partial charge in [-0.05, 0) is 35.9 Å². The van der Waals surface area contributed by atoms with E-state index in [0.717, 1.165) is 44.8 Å². The topological polar surface area (TPSA) is 35.6 Å². The number of carbonyl (C=O) groups excluding carboxylic acids is 1. The minimum Gasteiger partial charge on any atom is -0.351 e. The highest BCUT2D eigenvalue weighted by molar-refractivity contribution is 6.42. The van der Waals surface area contributed by atoms with E-state index in [2.05, 4.69) is 15.1 Å². The van der Waals surface area contributed by atoms with Gasteiger partial charge >= 0.3 is 0 Å². The minimum absolute atomic E-state index is 0.142. The van der Waals surface area contributed by atoms with Crippen molar-refractivity contribution < 1.29 is 4.79 Å². The Morgan fingerprint density at radius 2 is 1.43 bits per heavy atom. The smallest absolute Gasteiger partial charge is 0.251 e. The average Bonchev–Trinajstić information content (AvgIpc) is 2.68. The van der Waals surface area contributed by atoms with Crippen molar-refractivity contribution in [3.8, 4) is 0 Å². The van der Waals surface area contributed by atoms with E-state index in [9.17, 15) is 4.79 Å². The summed E-state index contributed by atoms with van der Waals surface area (Å²) in [6.45, 7) is 6.13. The molecule has 1 aliphatic heterocycles. The van der Waals surface area contributed by atoms with Crippen molar-refractivity contribution in [1.82, 2.24) is 15.1 Å². The first-order valence-electron chi connectivity index (χ1n) is 9.04. The number of halogens is 4. The Hall–Kier alpha value is -1.01. The predicted molar refractivity (Wildman–Crippen MR) is 117 cm³/mol. The fraction of sp³-hybridized carbons (Fsp3) is 0.350. The third kappa shape index (κ3) is 5.99. The lowest BCUT2D eigenvalue weighted by Gasteiger charge is -2.34.